The number of benzene rings is 2. The molecule has 1 aliphatic heterocycles. The van der Waals surface area contributed by atoms with Gasteiger partial charge in [0.1, 0.15) is 0 Å². The molecule has 0 bridgehead atoms. The van der Waals surface area contributed by atoms with Crippen molar-refractivity contribution >= 4 is 48.4 Å². The van der Waals surface area contributed by atoms with Crippen LogP contribution in [0.4, 0.5) is 10.8 Å². The standard InChI is InChI=1S/C20H21N3O4S2/c24-19(25)10-5-14-3-7-16(8-4-14)29(26,27)22-15-6-9-17-18(13-15)28-20(21-17)23-11-1-2-12-23/h3-4,6-9,13,22H,1-2,5,10-12H2,(H,24,25). The number of fused-ring (bicyclic) bond motifs is 1. The maximum Gasteiger partial charge on any atom is 0.303 e. The number of sulfonamides is 1. The van der Waals surface area contributed by atoms with Crippen LogP contribution in [-0.4, -0.2) is 37.6 Å². The molecule has 7 nitrogen and oxygen atoms in total. The summed E-state index contributed by atoms with van der Waals surface area (Å²) >= 11 is 1.57. The average Bonchev–Trinajstić information content (AvgIpc) is 3.35. The number of hydrogen-bond acceptors (Lipinski definition) is 6. The molecule has 0 radical (unpaired) electrons. The average molecular weight is 432 g/mol. The highest BCUT2D eigenvalue weighted by atomic mass is 32.2. The van der Waals surface area contributed by atoms with Gasteiger partial charge in [-0.3, -0.25) is 9.52 Å². The van der Waals surface area contributed by atoms with Crippen LogP contribution in [0.3, 0.4) is 0 Å². The number of carbonyl (C=O) groups is 1. The Kier molecular flexibility index (Phi) is 5.42. The molecule has 2 aromatic carbocycles. The van der Waals surface area contributed by atoms with E-state index in [9.17, 15) is 13.2 Å². The Labute approximate surface area is 173 Å². The molecular formula is C20H21N3O4S2. The molecule has 0 spiro atoms. The fraction of sp³-hybridized carbons (Fsp3) is 0.300. The number of anilines is 2. The smallest absolute Gasteiger partial charge is 0.303 e. The van der Waals surface area contributed by atoms with Crippen LogP contribution in [0.5, 0.6) is 0 Å². The third-order valence-corrected chi connectivity index (χ3v) is 7.34. The third kappa shape index (κ3) is 4.51. The SMILES string of the molecule is O=C(O)CCc1ccc(S(=O)(=O)Nc2ccc3nc(N4CCCC4)sc3c2)cc1. The zero-order chi connectivity index (χ0) is 20.4. The molecule has 1 fully saturated rings. The van der Waals surface area contributed by atoms with E-state index in [1.807, 2.05) is 12.1 Å². The lowest BCUT2D eigenvalue weighted by Crippen LogP contribution is -2.16. The van der Waals surface area contributed by atoms with Crippen molar-refractivity contribution in [1.82, 2.24) is 4.98 Å². The van der Waals surface area contributed by atoms with E-state index in [2.05, 4.69) is 14.6 Å². The molecule has 29 heavy (non-hydrogen) atoms. The van der Waals surface area contributed by atoms with E-state index in [0.717, 1.165) is 34.0 Å². The second-order valence-electron chi connectivity index (χ2n) is 7.02. The van der Waals surface area contributed by atoms with E-state index in [1.165, 1.54) is 25.0 Å². The fourth-order valence-electron chi connectivity index (χ4n) is 3.32. The summed E-state index contributed by atoms with van der Waals surface area (Å²) < 4.78 is 29.0. The summed E-state index contributed by atoms with van der Waals surface area (Å²) in [7, 11) is -3.73. The van der Waals surface area contributed by atoms with Gasteiger partial charge in [-0.05, 0) is 55.2 Å². The molecule has 152 valence electrons. The number of aliphatic carboxylic acids is 1. The maximum atomic E-state index is 12.7. The van der Waals surface area contributed by atoms with Gasteiger partial charge in [-0.15, -0.1) is 0 Å². The lowest BCUT2D eigenvalue weighted by Gasteiger charge is -2.11. The molecule has 1 saturated heterocycles. The van der Waals surface area contributed by atoms with Gasteiger partial charge in [0.25, 0.3) is 10.0 Å². The van der Waals surface area contributed by atoms with Crippen LogP contribution in [0, 0.1) is 0 Å². The number of thiazole rings is 1. The molecule has 2 heterocycles. The summed E-state index contributed by atoms with van der Waals surface area (Å²) in [5.74, 6) is -0.880. The van der Waals surface area contributed by atoms with E-state index >= 15 is 0 Å². The third-order valence-electron chi connectivity index (χ3n) is 4.87. The van der Waals surface area contributed by atoms with Crippen LogP contribution < -0.4 is 9.62 Å². The van der Waals surface area contributed by atoms with Crippen molar-refractivity contribution in [1.29, 1.82) is 0 Å². The molecule has 0 amide bonds. The van der Waals surface area contributed by atoms with Crippen molar-refractivity contribution < 1.29 is 18.3 Å². The number of nitrogens with zero attached hydrogens (tertiary/aromatic N) is 2. The number of aryl methyl sites for hydroxylation is 1. The topological polar surface area (TPSA) is 99.6 Å². The Bertz CT molecular complexity index is 1130. The van der Waals surface area contributed by atoms with Gasteiger partial charge < -0.3 is 10.0 Å². The summed E-state index contributed by atoms with van der Waals surface area (Å²) in [6, 6.07) is 11.6. The Balaban J connectivity index is 1.51. The van der Waals surface area contributed by atoms with Crippen LogP contribution in [-0.2, 0) is 21.2 Å². The number of carboxylic acids is 1. The molecule has 0 atom stereocenters. The predicted octanol–water partition coefficient (Wildman–Crippen LogP) is 3.71. The van der Waals surface area contributed by atoms with Crippen molar-refractivity contribution in [2.24, 2.45) is 0 Å². The fourth-order valence-corrected chi connectivity index (χ4v) is 5.43. The number of nitrogens with one attached hydrogen (secondary N) is 1. The summed E-state index contributed by atoms with van der Waals surface area (Å²) in [4.78, 5) is 17.7. The molecule has 0 aliphatic carbocycles. The van der Waals surface area contributed by atoms with Gasteiger partial charge in [0, 0.05) is 19.5 Å². The van der Waals surface area contributed by atoms with Crippen molar-refractivity contribution in [2.75, 3.05) is 22.7 Å². The van der Waals surface area contributed by atoms with Crippen molar-refractivity contribution in [3.8, 4) is 0 Å². The summed E-state index contributed by atoms with van der Waals surface area (Å²) in [5, 5.41) is 9.73. The second-order valence-corrected chi connectivity index (χ2v) is 9.71. The normalized spacial score (nSPS) is 14.4. The molecule has 1 aromatic heterocycles. The first-order chi connectivity index (χ1) is 13.9. The highest BCUT2D eigenvalue weighted by Gasteiger charge is 2.18. The number of hydrogen-bond donors (Lipinski definition) is 2. The lowest BCUT2D eigenvalue weighted by molar-refractivity contribution is -0.136. The summed E-state index contributed by atoms with van der Waals surface area (Å²) in [6.07, 6.45) is 2.73. The molecule has 1 aliphatic rings. The van der Waals surface area contributed by atoms with Gasteiger partial charge in [0.15, 0.2) is 5.13 Å². The predicted molar refractivity (Wildman–Crippen MR) is 114 cm³/mol. The van der Waals surface area contributed by atoms with Crippen LogP contribution in [0.1, 0.15) is 24.8 Å². The minimum absolute atomic E-state index is 0.0125. The van der Waals surface area contributed by atoms with Gasteiger partial charge in [-0.2, -0.15) is 0 Å². The quantitative estimate of drug-likeness (QED) is 0.592. The number of carboxylic acid groups (broad SMARTS) is 1. The zero-order valence-corrected chi connectivity index (χ0v) is 17.3. The van der Waals surface area contributed by atoms with Gasteiger partial charge >= 0.3 is 5.97 Å². The highest BCUT2D eigenvalue weighted by molar-refractivity contribution is 7.92. The van der Waals surface area contributed by atoms with E-state index in [4.69, 9.17) is 5.11 Å². The Morgan fingerprint density at radius 3 is 2.55 bits per heavy atom. The van der Waals surface area contributed by atoms with Gasteiger partial charge in [-0.25, -0.2) is 13.4 Å². The zero-order valence-electron chi connectivity index (χ0n) is 15.7. The van der Waals surface area contributed by atoms with E-state index < -0.39 is 16.0 Å². The number of rotatable bonds is 7. The van der Waals surface area contributed by atoms with E-state index in [-0.39, 0.29) is 11.3 Å². The van der Waals surface area contributed by atoms with Crippen molar-refractivity contribution in [2.45, 2.75) is 30.6 Å². The molecule has 2 N–H and O–H groups in total. The highest BCUT2D eigenvalue weighted by Crippen LogP contribution is 2.32. The molecule has 0 unspecified atom stereocenters. The van der Waals surface area contributed by atoms with Gasteiger partial charge in [-0.1, -0.05) is 23.5 Å². The van der Waals surface area contributed by atoms with Crippen LogP contribution in [0.2, 0.25) is 0 Å². The first-order valence-corrected chi connectivity index (χ1v) is 11.7. The Morgan fingerprint density at radius 1 is 1.14 bits per heavy atom. The van der Waals surface area contributed by atoms with Crippen molar-refractivity contribution in [3.05, 3.63) is 48.0 Å². The van der Waals surface area contributed by atoms with E-state index in [0.29, 0.717) is 12.1 Å². The minimum atomic E-state index is -3.73. The van der Waals surface area contributed by atoms with Gasteiger partial charge in [0.05, 0.1) is 20.8 Å². The molecule has 3 aromatic rings. The van der Waals surface area contributed by atoms with Crippen LogP contribution >= 0.6 is 11.3 Å². The summed E-state index contributed by atoms with van der Waals surface area (Å²) in [6.45, 7) is 2.03. The van der Waals surface area contributed by atoms with Crippen LogP contribution in [0.15, 0.2) is 47.4 Å². The second kappa shape index (κ2) is 8.00. The Hall–Kier alpha value is -2.65. The van der Waals surface area contributed by atoms with E-state index in [1.54, 1.807) is 29.5 Å². The van der Waals surface area contributed by atoms with Crippen molar-refractivity contribution in [3.63, 3.8) is 0 Å². The largest absolute Gasteiger partial charge is 0.481 e. The van der Waals surface area contributed by atoms with Crippen LogP contribution in [0.25, 0.3) is 10.2 Å². The summed E-state index contributed by atoms with van der Waals surface area (Å²) in [5.41, 5.74) is 2.14. The van der Waals surface area contributed by atoms with Gasteiger partial charge in [0.2, 0.25) is 0 Å². The molecular weight excluding hydrogens is 410 g/mol. The lowest BCUT2D eigenvalue weighted by atomic mass is 10.1. The first kappa shape index (κ1) is 19.7. The first-order valence-electron chi connectivity index (χ1n) is 9.40. The minimum Gasteiger partial charge on any atom is -0.481 e. The number of aromatic nitrogens is 1. The molecule has 0 saturated carbocycles. The maximum absolute atomic E-state index is 12.7. The molecule has 9 heteroatoms. The monoisotopic (exact) mass is 431 g/mol. The Morgan fingerprint density at radius 2 is 1.86 bits per heavy atom. The molecule has 4 rings (SSSR count).